The van der Waals surface area contributed by atoms with Crippen LogP contribution in [-0.2, 0) is 6.42 Å². The van der Waals surface area contributed by atoms with Gasteiger partial charge in [-0.05, 0) is 30.9 Å². The maximum Gasteiger partial charge on any atom is -0.0276 e. The molecule has 0 aliphatic rings. The zero-order valence-corrected chi connectivity index (χ0v) is 18.7. The Labute approximate surface area is 171 Å². The van der Waals surface area contributed by atoms with E-state index in [2.05, 4.69) is 38.1 Å². The summed E-state index contributed by atoms with van der Waals surface area (Å²) in [6.45, 7) is 4.54. The monoisotopic (exact) mass is 372 g/mol. The van der Waals surface area contributed by atoms with Crippen molar-refractivity contribution in [2.45, 2.75) is 136 Å². The fourth-order valence-electron chi connectivity index (χ4n) is 4.11. The average molecular weight is 373 g/mol. The first-order chi connectivity index (χ1) is 13.3. The first-order valence-corrected chi connectivity index (χ1v) is 12.4. The van der Waals surface area contributed by atoms with Crippen LogP contribution in [0.4, 0.5) is 0 Å². The summed E-state index contributed by atoms with van der Waals surface area (Å²) in [5.41, 5.74) is 3.01. The van der Waals surface area contributed by atoms with E-state index in [0.29, 0.717) is 0 Å². The van der Waals surface area contributed by atoms with Gasteiger partial charge in [0, 0.05) is 0 Å². The molecule has 0 aliphatic carbocycles. The van der Waals surface area contributed by atoms with Gasteiger partial charge in [-0.3, -0.25) is 0 Å². The van der Waals surface area contributed by atoms with Gasteiger partial charge in [0.2, 0.25) is 0 Å². The van der Waals surface area contributed by atoms with Gasteiger partial charge in [0.05, 0.1) is 0 Å². The van der Waals surface area contributed by atoms with Crippen LogP contribution in [0.5, 0.6) is 0 Å². The molecule has 0 aliphatic heterocycles. The predicted octanol–water partition coefficient (Wildman–Crippen LogP) is 9.58. The fraction of sp³-hybridized carbons (Fsp3) is 0.778. The Bertz CT molecular complexity index is 420. The van der Waals surface area contributed by atoms with Gasteiger partial charge >= 0.3 is 0 Å². The molecule has 0 fully saturated rings. The Morgan fingerprint density at radius 2 is 0.852 bits per heavy atom. The largest absolute Gasteiger partial charge is 0.0654 e. The van der Waals surface area contributed by atoms with Crippen LogP contribution < -0.4 is 0 Å². The molecule has 0 spiro atoms. The number of benzene rings is 1. The van der Waals surface area contributed by atoms with Crippen LogP contribution in [0.25, 0.3) is 0 Å². The Balaban J connectivity index is 1.73. The third kappa shape index (κ3) is 14.9. The second kappa shape index (κ2) is 18.6. The lowest BCUT2D eigenvalue weighted by molar-refractivity contribution is 0.525. The van der Waals surface area contributed by atoms with Crippen LogP contribution in [0.2, 0.25) is 0 Å². The molecule has 0 atom stereocenters. The summed E-state index contributed by atoms with van der Waals surface area (Å²) in [6.07, 6.45) is 27.4. The van der Waals surface area contributed by atoms with E-state index < -0.39 is 0 Å². The minimum atomic E-state index is 1.27. The van der Waals surface area contributed by atoms with E-state index in [4.69, 9.17) is 0 Å². The second-order valence-electron chi connectivity index (χ2n) is 8.69. The summed E-state index contributed by atoms with van der Waals surface area (Å²) >= 11 is 0. The van der Waals surface area contributed by atoms with Gasteiger partial charge < -0.3 is 0 Å². The van der Waals surface area contributed by atoms with Crippen LogP contribution in [0.3, 0.4) is 0 Å². The van der Waals surface area contributed by atoms with Crippen molar-refractivity contribution in [1.82, 2.24) is 0 Å². The number of unbranched alkanes of at least 4 members (excludes halogenated alkanes) is 17. The zero-order valence-electron chi connectivity index (χ0n) is 18.7. The molecule has 1 rings (SSSR count). The lowest BCUT2D eigenvalue weighted by Crippen LogP contribution is -1.89. The summed E-state index contributed by atoms with van der Waals surface area (Å²) < 4.78 is 0. The summed E-state index contributed by atoms with van der Waals surface area (Å²) in [6, 6.07) is 8.86. The molecule has 0 saturated heterocycles. The van der Waals surface area contributed by atoms with Gasteiger partial charge in [0.25, 0.3) is 0 Å². The van der Waals surface area contributed by atoms with Crippen molar-refractivity contribution in [3.8, 4) is 0 Å². The summed E-state index contributed by atoms with van der Waals surface area (Å²) in [4.78, 5) is 0. The van der Waals surface area contributed by atoms with Crippen molar-refractivity contribution in [3.63, 3.8) is 0 Å². The maximum absolute atomic E-state index is 2.30. The minimum Gasteiger partial charge on any atom is -0.0654 e. The molecule has 0 radical (unpaired) electrons. The van der Waals surface area contributed by atoms with Crippen LogP contribution >= 0.6 is 0 Å². The van der Waals surface area contributed by atoms with Crippen molar-refractivity contribution in [2.24, 2.45) is 0 Å². The first kappa shape index (κ1) is 24.3. The van der Waals surface area contributed by atoms with Gasteiger partial charge in [-0.2, -0.15) is 0 Å². The highest BCUT2D eigenvalue weighted by Crippen LogP contribution is 2.15. The molecular weight excluding hydrogens is 324 g/mol. The van der Waals surface area contributed by atoms with Crippen molar-refractivity contribution in [1.29, 1.82) is 0 Å². The lowest BCUT2D eigenvalue weighted by Gasteiger charge is -2.06. The average Bonchev–Trinajstić information content (AvgIpc) is 2.68. The Kier molecular flexibility index (Phi) is 16.7. The van der Waals surface area contributed by atoms with Crippen LogP contribution in [0, 0.1) is 6.92 Å². The Morgan fingerprint density at radius 1 is 0.481 bits per heavy atom. The van der Waals surface area contributed by atoms with Crippen molar-refractivity contribution >= 4 is 0 Å². The number of aryl methyl sites for hydroxylation is 2. The molecule has 0 aromatic heterocycles. The summed E-state index contributed by atoms with van der Waals surface area (Å²) in [5.74, 6) is 0. The zero-order chi connectivity index (χ0) is 19.4. The molecule has 27 heavy (non-hydrogen) atoms. The molecule has 0 amide bonds. The normalized spacial score (nSPS) is 11.2. The van der Waals surface area contributed by atoms with Gasteiger partial charge in [0.15, 0.2) is 0 Å². The fourth-order valence-corrected chi connectivity index (χ4v) is 4.11. The van der Waals surface area contributed by atoms with Crippen molar-refractivity contribution in [3.05, 3.63) is 35.4 Å². The molecule has 0 saturated carbocycles. The highest BCUT2D eigenvalue weighted by molar-refractivity contribution is 5.25. The smallest absolute Gasteiger partial charge is 0.0276 e. The SMILES string of the molecule is CCCCCCCCCCCCCCCCCCCCc1ccccc1C. The highest BCUT2D eigenvalue weighted by atomic mass is 14.0. The number of hydrogen-bond donors (Lipinski definition) is 0. The summed E-state index contributed by atoms with van der Waals surface area (Å²) in [7, 11) is 0. The van der Waals surface area contributed by atoms with Gasteiger partial charge in [-0.15, -0.1) is 0 Å². The van der Waals surface area contributed by atoms with Crippen LogP contribution in [0.15, 0.2) is 24.3 Å². The van der Waals surface area contributed by atoms with E-state index in [1.54, 1.807) is 5.56 Å². The molecule has 1 aromatic carbocycles. The molecule has 0 heteroatoms. The van der Waals surface area contributed by atoms with E-state index in [1.165, 1.54) is 128 Å². The molecule has 1 aromatic rings. The third-order valence-corrected chi connectivity index (χ3v) is 6.06. The van der Waals surface area contributed by atoms with Gasteiger partial charge in [-0.25, -0.2) is 0 Å². The van der Waals surface area contributed by atoms with E-state index in [0.717, 1.165) is 0 Å². The molecule has 0 bridgehead atoms. The van der Waals surface area contributed by atoms with Crippen molar-refractivity contribution in [2.75, 3.05) is 0 Å². The summed E-state index contributed by atoms with van der Waals surface area (Å²) in [5, 5.41) is 0. The van der Waals surface area contributed by atoms with Crippen LogP contribution in [0.1, 0.15) is 134 Å². The topological polar surface area (TPSA) is 0 Å². The molecule has 156 valence electrons. The minimum absolute atomic E-state index is 1.27. The standard InChI is InChI=1S/C27H48/c1-3-4-5-6-7-8-9-10-11-12-13-14-15-16-17-18-19-20-24-27-25-22-21-23-26(27)2/h21-23,25H,3-20,24H2,1-2H3. The highest BCUT2D eigenvalue weighted by Gasteiger charge is 1.98. The quantitative estimate of drug-likeness (QED) is 0.212. The molecular formula is C27H48. The second-order valence-corrected chi connectivity index (χ2v) is 8.69. The first-order valence-electron chi connectivity index (χ1n) is 12.4. The number of hydrogen-bond acceptors (Lipinski definition) is 0. The van der Waals surface area contributed by atoms with E-state index in [1.807, 2.05) is 0 Å². The van der Waals surface area contributed by atoms with E-state index in [9.17, 15) is 0 Å². The lowest BCUT2D eigenvalue weighted by atomic mass is 10.0. The molecule has 0 unspecified atom stereocenters. The molecule has 0 N–H and O–H groups in total. The van der Waals surface area contributed by atoms with E-state index in [-0.39, 0.29) is 0 Å². The maximum atomic E-state index is 2.30. The Hall–Kier alpha value is -0.780. The number of rotatable bonds is 19. The van der Waals surface area contributed by atoms with E-state index >= 15 is 0 Å². The third-order valence-electron chi connectivity index (χ3n) is 6.06. The Morgan fingerprint density at radius 3 is 1.26 bits per heavy atom. The molecule has 0 nitrogen and oxygen atoms in total. The van der Waals surface area contributed by atoms with Crippen LogP contribution in [-0.4, -0.2) is 0 Å². The predicted molar refractivity (Wildman–Crippen MR) is 124 cm³/mol. The van der Waals surface area contributed by atoms with Gasteiger partial charge in [0.1, 0.15) is 0 Å². The molecule has 0 heterocycles. The van der Waals surface area contributed by atoms with Gasteiger partial charge in [-0.1, -0.05) is 140 Å². The van der Waals surface area contributed by atoms with Crippen molar-refractivity contribution < 1.29 is 0 Å².